The fraction of sp³-hybridized carbons (Fsp3) is 0.143. The summed E-state index contributed by atoms with van der Waals surface area (Å²) in [6.07, 6.45) is 1.59. The Morgan fingerprint density at radius 3 is 2.63 bits per heavy atom. The zero-order chi connectivity index (χ0) is 19.2. The number of amides is 1. The minimum absolute atomic E-state index is 0.139. The van der Waals surface area contributed by atoms with Crippen LogP contribution in [0.1, 0.15) is 21.6 Å². The molecule has 0 unspecified atom stereocenters. The van der Waals surface area contributed by atoms with E-state index in [-0.39, 0.29) is 23.3 Å². The Morgan fingerprint density at radius 2 is 1.89 bits per heavy atom. The number of hydrogen-bond donors (Lipinski definition) is 1. The maximum atomic E-state index is 13.2. The van der Waals surface area contributed by atoms with Crippen LogP contribution in [0.5, 0.6) is 5.75 Å². The topological polar surface area (TPSA) is 60.3 Å². The average Bonchev–Trinajstić information content (AvgIpc) is 2.67. The molecule has 1 N–H and O–H groups in total. The second-order valence-electron chi connectivity index (χ2n) is 6.07. The zero-order valence-corrected chi connectivity index (χ0v) is 14.8. The molecule has 27 heavy (non-hydrogen) atoms. The lowest BCUT2D eigenvalue weighted by molar-refractivity contribution is 0.0949. The van der Waals surface area contributed by atoms with Crippen LogP contribution in [-0.4, -0.2) is 10.5 Å². The van der Waals surface area contributed by atoms with Gasteiger partial charge in [-0.2, -0.15) is 0 Å². The Bertz CT molecular complexity index is 1000. The molecule has 0 bridgehead atoms. The van der Waals surface area contributed by atoms with Crippen LogP contribution in [0.15, 0.2) is 71.7 Å². The third-order valence-corrected chi connectivity index (χ3v) is 4.06. The predicted octanol–water partition coefficient (Wildman–Crippen LogP) is 3.03. The van der Waals surface area contributed by atoms with E-state index >= 15 is 0 Å². The van der Waals surface area contributed by atoms with Crippen molar-refractivity contribution in [3.8, 4) is 5.75 Å². The van der Waals surface area contributed by atoms with Crippen molar-refractivity contribution in [3.63, 3.8) is 0 Å². The van der Waals surface area contributed by atoms with Crippen molar-refractivity contribution in [1.82, 2.24) is 9.88 Å². The van der Waals surface area contributed by atoms with Crippen LogP contribution in [0.2, 0.25) is 0 Å². The molecule has 138 valence electrons. The number of ether oxygens (including phenoxy) is 1. The van der Waals surface area contributed by atoms with Crippen LogP contribution in [0.25, 0.3) is 0 Å². The van der Waals surface area contributed by atoms with Crippen molar-refractivity contribution in [2.24, 2.45) is 7.05 Å². The molecule has 0 radical (unpaired) electrons. The SMILES string of the molecule is Cn1cc(OCc2ccccc2)c(=O)cc1CNC(=O)c1cccc(F)c1. The number of nitrogens with one attached hydrogen (secondary N) is 1. The molecule has 2 aromatic carbocycles. The Balaban J connectivity index is 1.66. The van der Waals surface area contributed by atoms with Gasteiger partial charge in [0.05, 0.1) is 12.7 Å². The van der Waals surface area contributed by atoms with Crippen molar-refractivity contribution in [2.75, 3.05) is 0 Å². The summed E-state index contributed by atoms with van der Waals surface area (Å²) in [6, 6.07) is 16.4. The Labute approximate surface area is 156 Å². The second kappa shape index (κ2) is 8.31. The van der Waals surface area contributed by atoms with Crippen LogP contribution in [0.4, 0.5) is 4.39 Å². The summed E-state index contributed by atoms with van der Waals surface area (Å²) in [5.41, 5.74) is 1.53. The van der Waals surface area contributed by atoms with Crippen molar-refractivity contribution in [3.05, 3.63) is 99.7 Å². The molecule has 0 aliphatic rings. The predicted molar refractivity (Wildman–Crippen MR) is 100 cm³/mol. The van der Waals surface area contributed by atoms with E-state index in [1.54, 1.807) is 17.8 Å². The molecule has 3 aromatic rings. The normalized spacial score (nSPS) is 10.4. The van der Waals surface area contributed by atoms with Gasteiger partial charge in [-0.1, -0.05) is 36.4 Å². The fourth-order valence-electron chi connectivity index (χ4n) is 2.57. The van der Waals surface area contributed by atoms with Crippen LogP contribution in [-0.2, 0) is 20.2 Å². The molecule has 0 saturated carbocycles. The number of hydrogen-bond acceptors (Lipinski definition) is 3. The molecule has 5 nitrogen and oxygen atoms in total. The molecule has 1 amide bonds. The summed E-state index contributed by atoms with van der Waals surface area (Å²) >= 11 is 0. The maximum Gasteiger partial charge on any atom is 0.251 e. The number of carbonyl (C=O) groups is 1. The Kier molecular flexibility index (Phi) is 5.66. The van der Waals surface area contributed by atoms with Crippen LogP contribution >= 0.6 is 0 Å². The highest BCUT2D eigenvalue weighted by Gasteiger charge is 2.10. The smallest absolute Gasteiger partial charge is 0.251 e. The van der Waals surface area contributed by atoms with Crippen LogP contribution in [0.3, 0.4) is 0 Å². The van der Waals surface area contributed by atoms with E-state index in [0.717, 1.165) is 11.6 Å². The van der Waals surface area contributed by atoms with Crippen molar-refractivity contribution >= 4 is 5.91 Å². The molecule has 6 heteroatoms. The summed E-state index contributed by atoms with van der Waals surface area (Å²) in [4.78, 5) is 24.4. The zero-order valence-electron chi connectivity index (χ0n) is 14.8. The highest BCUT2D eigenvalue weighted by atomic mass is 19.1. The number of benzene rings is 2. The summed E-state index contributed by atoms with van der Waals surface area (Å²) in [7, 11) is 1.76. The van der Waals surface area contributed by atoms with E-state index in [0.29, 0.717) is 12.3 Å². The molecule has 0 aliphatic heterocycles. The van der Waals surface area contributed by atoms with Gasteiger partial charge in [-0.3, -0.25) is 9.59 Å². The first-order chi connectivity index (χ1) is 13.0. The van der Waals surface area contributed by atoms with Gasteiger partial charge in [-0.15, -0.1) is 0 Å². The highest BCUT2D eigenvalue weighted by Crippen LogP contribution is 2.09. The number of carbonyl (C=O) groups excluding carboxylic acids is 1. The molecule has 0 aliphatic carbocycles. The van der Waals surface area contributed by atoms with Gasteiger partial charge in [0.25, 0.3) is 5.91 Å². The third kappa shape index (κ3) is 4.82. The third-order valence-electron chi connectivity index (χ3n) is 4.06. The van der Waals surface area contributed by atoms with Gasteiger partial charge in [0.2, 0.25) is 5.43 Å². The standard InChI is InChI=1S/C21H19FN2O3/c1-24-13-20(27-14-15-6-3-2-4-7-15)19(25)11-18(24)12-23-21(26)16-8-5-9-17(22)10-16/h2-11,13H,12,14H2,1H3,(H,23,26). The first-order valence-corrected chi connectivity index (χ1v) is 8.43. The van der Waals surface area contributed by atoms with Gasteiger partial charge in [0.1, 0.15) is 12.4 Å². The fourth-order valence-corrected chi connectivity index (χ4v) is 2.57. The molecular formula is C21H19FN2O3. The average molecular weight is 366 g/mol. The van der Waals surface area contributed by atoms with E-state index in [4.69, 9.17) is 4.74 Å². The maximum absolute atomic E-state index is 13.2. The lowest BCUT2D eigenvalue weighted by atomic mass is 10.2. The highest BCUT2D eigenvalue weighted by molar-refractivity contribution is 5.94. The molecular weight excluding hydrogens is 347 g/mol. The van der Waals surface area contributed by atoms with Gasteiger partial charge in [-0.05, 0) is 23.8 Å². The van der Waals surface area contributed by atoms with Crippen molar-refractivity contribution in [1.29, 1.82) is 0 Å². The first-order valence-electron chi connectivity index (χ1n) is 8.43. The Hall–Kier alpha value is -3.41. The number of aryl methyl sites for hydroxylation is 1. The van der Waals surface area contributed by atoms with Crippen LogP contribution < -0.4 is 15.5 Å². The van der Waals surface area contributed by atoms with Crippen LogP contribution in [0, 0.1) is 5.82 Å². The minimum Gasteiger partial charge on any atom is -0.483 e. The summed E-state index contributed by atoms with van der Waals surface area (Å²) in [6.45, 7) is 0.436. The lowest BCUT2D eigenvalue weighted by Gasteiger charge is -2.13. The largest absolute Gasteiger partial charge is 0.483 e. The molecule has 3 rings (SSSR count). The summed E-state index contributed by atoms with van der Waals surface area (Å²) < 4.78 is 20.5. The molecule has 1 aromatic heterocycles. The number of nitrogens with zero attached hydrogens (tertiary/aromatic N) is 1. The van der Waals surface area contributed by atoms with Gasteiger partial charge < -0.3 is 14.6 Å². The minimum atomic E-state index is -0.477. The Morgan fingerprint density at radius 1 is 1.11 bits per heavy atom. The molecule has 0 atom stereocenters. The number of rotatable bonds is 6. The van der Waals surface area contributed by atoms with E-state index in [2.05, 4.69) is 5.32 Å². The number of pyridine rings is 1. The molecule has 0 saturated heterocycles. The van der Waals surface area contributed by atoms with Crippen molar-refractivity contribution in [2.45, 2.75) is 13.2 Å². The number of aromatic nitrogens is 1. The molecule has 1 heterocycles. The van der Waals surface area contributed by atoms with Gasteiger partial charge in [0, 0.05) is 24.4 Å². The lowest BCUT2D eigenvalue weighted by Crippen LogP contribution is -2.25. The monoisotopic (exact) mass is 366 g/mol. The van der Waals surface area contributed by atoms with Gasteiger partial charge >= 0.3 is 0 Å². The van der Waals surface area contributed by atoms with E-state index < -0.39 is 11.7 Å². The second-order valence-corrected chi connectivity index (χ2v) is 6.07. The summed E-state index contributed by atoms with van der Waals surface area (Å²) in [5, 5.41) is 2.68. The van der Waals surface area contributed by atoms with E-state index in [9.17, 15) is 14.0 Å². The van der Waals surface area contributed by atoms with E-state index in [1.165, 1.54) is 24.3 Å². The van der Waals surface area contributed by atoms with Gasteiger partial charge in [0.15, 0.2) is 5.75 Å². The number of halogens is 1. The van der Waals surface area contributed by atoms with E-state index in [1.807, 2.05) is 30.3 Å². The quantitative estimate of drug-likeness (QED) is 0.729. The first kappa shape index (κ1) is 18.4. The summed E-state index contributed by atoms with van der Waals surface area (Å²) in [5.74, 6) is -0.650. The molecule has 0 spiro atoms. The molecule has 0 fully saturated rings. The van der Waals surface area contributed by atoms with Crippen molar-refractivity contribution < 1.29 is 13.9 Å². The van der Waals surface area contributed by atoms with Gasteiger partial charge in [-0.25, -0.2) is 4.39 Å².